The molecule has 0 amide bonds. The number of nitrogens with one attached hydrogen (secondary N) is 2. The van der Waals surface area contributed by atoms with Crippen LogP contribution in [0.1, 0.15) is 17.5 Å². The maximum atomic E-state index is 12.0. The Balaban J connectivity index is 0.00000400. The predicted molar refractivity (Wildman–Crippen MR) is 90.3 cm³/mol. The molecule has 120 valence electrons. The van der Waals surface area contributed by atoms with Gasteiger partial charge in [-0.3, -0.25) is 4.99 Å². The average Bonchev–Trinajstić information content (AvgIpc) is 2.35. The molecule has 7 heteroatoms. The van der Waals surface area contributed by atoms with Crippen molar-refractivity contribution in [3.05, 3.63) is 35.4 Å². The molecule has 3 nitrogen and oxygen atoms in total. The minimum Gasteiger partial charge on any atom is -0.356 e. The fraction of sp³-hybridized carbons (Fsp3) is 0.500. The molecule has 1 aromatic rings. The van der Waals surface area contributed by atoms with Crippen LogP contribution >= 0.6 is 24.0 Å². The van der Waals surface area contributed by atoms with Crippen molar-refractivity contribution in [2.75, 3.05) is 20.1 Å². The highest BCUT2D eigenvalue weighted by atomic mass is 127. The zero-order chi connectivity index (χ0) is 15.0. The Hall–Kier alpha value is -0.990. The molecule has 21 heavy (non-hydrogen) atoms. The second-order valence-corrected chi connectivity index (χ2v) is 4.53. The lowest BCUT2D eigenvalue weighted by atomic mass is 10.1. The fourth-order valence-electron chi connectivity index (χ4n) is 1.74. The highest BCUT2D eigenvalue weighted by Crippen LogP contribution is 2.17. The summed E-state index contributed by atoms with van der Waals surface area (Å²) < 4.78 is 36.1. The maximum Gasteiger partial charge on any atom is 0.390 e. The standard InChI is InChI=1S/C14H20F3N3.HI/c1-11-4-3-5-12(10-11)6-8-19-13(18-2)20-9-7-14(15,16)17;/h3-5,10H,6-9H2,1-2H3,(H2,18,19,20);1H. The number of guanidine groups is 1. The van der Waals surface area contributed by atoms with E-state index in [0.717, 1.165) is 6.42 Å². The number of benzene rings is 1. The van der Waals surface area contributed by atoms with E-state index in [-0.39, 0.29) is 30.5 Å². The van der Waals surface area contributed by atoms with Crippen LogP contribution in [-0.2, 0) is 6.42 Å². The van der Waals surface area contributed by atoms with Crippen LogP contribution in [0, 0.1) is 6.92 Å². The lowest BCUT2D eigenvalue weighted by molar-refractivity contribution is -0.132. The molecule has 2 N–H and O–H groups in total. The highest BCUT2D eigenvalue weighted by molar-refractivity contribution is 14.0. The van der Waals surface area contributed by atoms with E-state index >= 15 is 0 Å². The Morgan fingerprint density at radius 2 is 1.86 bits per heavy atom. The molecule has 1 aromatic carbocycles. The largest absolute Gasteiger partial charge is 0.390 e. The van der Waals surface area contributed by atoms with Crippen molar-refractivity contribution < 1.29 is 13.2 Å². The Morgan fingerprint density at radius 3 is 2.43 bits per heavy atom. The van der Waals surface area contributed by atoms with Crippen molar-refractivity contribution >= 4 is 29.9 Å². The van der Waals surface area contributed by atoms with Crippen LogP contribution in [0.4, 0.5) is 13.2 Å². The topological polar surface area (TPSA) is 36.4 Å². The van der Waals surface area contributed by atoms with Crippen LogP contribution in [0.3, 0.4) is 0 Å². The monoisotopic (exact) mass is 415 g/mol. The van der Waals surface area contributed by atoms with E-state index in [4.69, 9.17) is 0 Å². The van der Waals surface area contributed by atoms with Crippen molar-refractivity contribution in [1.82, 2.24) is 10.6 Å². The van der Waals surface area contributed by atoms with Gasteiger partial charge in [0.1, 0.15) is 0 Å². The molecule has 0 saturated carbocycles. The number of rotatable bonds is 5. The summed E-state index contributed by atoms with van der Waals surface area (Å²) in [6.07, 6.45) is -4.22. The molecule has 0 fully saturated rings. The van der Waals surface area contributed by atoms with Gasteiger partial charge in [-0.05, 0) is 18.9 Å². The summed E-state index contributed by atoms with van der Waals surface area (Å²) in [5, 5.41) is 5.64. The van der Waals surface area contributed by atoms with Crippen molar-refractivity contribution in [3.8, 4) is 0 Å². The lowest BCUT2D eigenvalue weighted by Gasteiger charge is -2.13. The summed E-state index contributed by atoms with van der Waals surface area (Å²) >= 11 is 0. The van der Waals surface area contributed by atoms with E-state index in [9.17, 15) is 13.2 Å². The van der Waals surface area contributed by atoms with Crippen LogP contribution in [-0.4, -0.2) is 32.3 Å². The van der Waals surface area contributed by atoms with E-state index in [1.54, 1.807) is 0 Å². The first-order chi connectivity index (χ1) is 9.40. The summed E-state index contributed by atoms with van der Waals surface area (Å²) in [6, 6.07) is 8.12. The highest BCUT2D eigenvalue weighted by Gasteiger charge is 2.26. The van der Waals surface area contributed by atoms with Crippen molar-refractivity contribution in [2.45, 2.75) is 25.9 Å². The molecule has 0 aliphatic rings. The van der Waals surface area contributed by atoms with Gasteiger partial charge < -0.3 is 10.6 Å². The average molecular weight is 415 g/mol. The van der Waals surface area contributed by atoms with Gasteiger partial charge in [-0.25, -0.2) is 0 Å². The lowest BCUT2D eigenvalue weighted by Crippen LogP contribution is -2.39. The minimum absolute atomic E-state index is 0. The zero-order valence-electron chi connectivity index (χ0n) is 12.1. The van der Waals surface area contributed by atoms with Gasteiger partial charge in [-0.2, -0.15) is 13.2 Å². The zero-order valence-corrected chi connectivity index (χ0v) is 14.5. The molecule has 0 saturated heterocycles. The third kappa shape index (κ3) is 9.54. The fourth-order valence-corrected chi connectivity index (χ4v) is 1.74. The molecule has 0 bridgehead atoms. The van der Waals surface area contributed by atoms with Crippen molar-refractivity contribution in [2.24, 2.45) is 4.99 Å². The molecular formula is C14H21F3IN3. The number of halogens is 4. The molecule has 0 aliphatic heterocycles. The van der Waals surface area contributed by atoms with Gasteiger partial charge in [-0.15, -0.1) is 24.0 Å². The second-order valence-electron chi connectivity index (χ2n) is 4.53. The quantitative estimate of drug-likeness (QED) is 0.440. The molecule has 0 spiro atoms. The summed E-state index contributed by atoms with van der Waals surface area (Å²) in [7, 11) is 1.54. The molecule has 0 radical (unpaired) electrons. The van der Waals surface area contributed by atoms with E-state index in [1.807, 2.05) is 25.1 Å². The van der Waals surface area contributed by atoms with E-state index in [1.165, 1.54) is 18.2 Å². The summed E-state index contributed by atoms with van der Waals surface area (Å²) in [5.74, 6) is 0.391. The number of hydrogen-bond donors (Lipinski definition) is 2. The van der Waals surface area contributed by atoms with Gasteiger partial charge in [0, 0.05) is 20.1 Å². The third-order valence-electron chi connectivity index (χ3n) is 2.71. The summed E-state index contributed by atoms with van der Waals surface area (Å²) in [6.45, 7) is 2.47. The first-order valence-electron chi connectivity index (χ1n) is 6.47. The van der Waals surface area contributed by atoms with Gasteiger partial charge in [0.05, 0.1) is 6.42 Å². The van der Waals surface area contributed by atoms with Crippen LogP contribution in [0.2, 0.25) is 0 Å². The van der Waals surface area contributed by atoms with Crippen LogP contribution in [0.5, 0.6) is 0 Å². The number of aryl methyl sites for hydroxylation is 1. The third-order valence-corrected chi connectivity index (χ3v) is 2.71. The smallest absolute Gasteiger partial charge is 0.356 e. The Labute approximate surface area is 140 Å². The first kappa shape index (κ1) is 20.0. The Bertz CT molecular complexity index is 447. The van der Waals surface area contributed by atoms with Gasteiger partial charge in [0.2, 0.25) is 0 Å². The molecule has 0 heterocycles. The maximum absolute atomic E-state index is 12.0. The number of hydrogen-bond acceptors (Lipinski definition) is 1. The molecule has 1 rings (SSSR count). The van der Waals surface area contributed by atoms with E-state index < -0.39 is 12.6 Å². The summed E-state index contributed by atoms with van der Waals surface area (Å²) in [4.78, 5) is 3.88. The number of alkyl halides is 3. The molecular weight excluding hydrogens is 394 g/mol. The molecule has 0 aliphatic carbocycles. The minimum atomic E-state index is -4.15. The number of nitrogens with zero attached hydrogens (tertiary/aromatic N) is 1. The number of aliphatic imine (C=N–C) groups is 1. The molecule has 0 atom stereocenters. The summed E-state index contributed by atoms with van der Waals surface area (Å²) in [5.41, 5.74) is 2.37. The first-order valence-corrected chi connectivity index (χ1v) is 6.47. The van der Waals surface area contributed by atoms with Gasteiger partial charge >= 0.3 is 6.18 Å². The van der Waals surface area contributed by atoms with Gasteiger partial charge in [-0.1, -0.05) is 29.8 Å². The van der Waals surface area contributed by atoms with Crippen molar-refractivity contribution in [3.63, 3.8) is 0 Å². The van der Waals surface area contributed by atoms with E-state index in [2.05, 4.69) is 21.7 Å². The molecule has 0 aromatic heterocycles. The van der Waals surface area contributed by atoms with Crippen LogP contribution < -0.4 is 10.6 Å². The normalized spacial score (nSPS) is 11.8. The van der Waals surface area contributed by atoms with Gasteiger partial charge in [0.15, 0.2) is 5.96 Å². The van der Waals surface area contributed by atoms with Crippen LogP contribution in [0.15, 0.2) is 29.3 Å². The Kier molecular flexibility index (Phi) is 9.39. The SMILES string of the molecule is CN=C(NCCc1cccc(C)c1)NCCC(F)(F)F.I. The Morgan fingerprint density at radius 1 is 1.19 bits per heavy atom. The second kappa shape index (κ2) is 9.86. The molecule has 0 unspecified atom stereocenters. The van der Waals surface area contributed by atoms with Crippen LogP contribution in [0.25, 0.3) is 0 Å². The van der Waals surface area contributed by atoms with Crippen molar-refractivity contribution in [1.29, 1.82) is 0 Å². The predicted octanol–water partition coefficient (Wildman–Crippen LogP) is 3.27. The van der Waals surface area contributed by atoms with Gasteiger partial charge in [0.25, 0.3) is 0 Å². The van der Waals surface area contributed by atoms with E-state index in [0.29, 0.717) is 12.5 Å².